The molecule has 0 spiro atoms. The minimum absolute atomic E-state index is 0.148. The second-order valence-corrected chi connectivity index (χ2v) is 5.52. The number of hydrogen-bond donors (Lipinski definition) is 2. The van der Waals surface area contributed by atoms with Crippen LogP contribution in [0, 0.1) is 0 Å². The Morgan fingerprint density at radius 3 is 2.00 bits per heavy atom. The van der Waals surface area contributed by atoms with Gasteiger partial charge < -0.3 is 18.9 Å². The molecular formula is C18H20N4O5. The van der Waals surface area contributed by atoms with Crippen molar-refractivity contribution in [2.75, 3.05) is 33.9 Å². The van der Waals surface area contributed by atoms with Gasteiger partial charge in [0.15, 0.2) is 11.5 Å². The van der Waals surface area contributed by atoms with Crippen molar-refractivity contribution in [1.29, 1.82) is 0 Å². The van der Waals surface area contributed by atoms with Crippen molar-refractivity contribution in [3.63, 3.8) is 0 Å². The maximum atomic E-state index is 13.2. The Morgan fingerprint density at radius 2 is 1.48 bits per heavy atom. The lowest BCUT2D eigenvalue weighted by atomic mass is 10.2. The Morgan fingerprint density at radius 1 is 0.889 bits per heavy atom. The number of nitrogen functional groups attached to an aromatic ring is 1. The quantitative estimate of drug-likeness (QED) is 0.497. The number of aromatic nitrogens is 2. The van der Waals surface area contributed by atoms with E-state index in [4.69, 9.17) is 24.8 Å². The molecule has 0 amide bonds. The van der Waals surface area contributed by atoms with Crippen LogP contribution in [0.25, 0.3) is 16.6 Å². The van der Waals surface area contributed by atoms with Crippen LogP contribution in [0.2, 0.25) is 0 Å². The van der Waals surface area contributed by atoms with Gasteiger partial charge in [-0.05, 0) is 6.07 Å². The third-order valence-electron chi connectivity index (χ3n) is 4.10. The minimum Gasteiger partial charge on any atom is -0.497 e. The normalized spacial score (nSPS) is 10.6. The van der Waals surface area contributed by atoms with Crippen LogP contribution in [0.1, 0.15) is 0 Å². The molecule has 0 atom stereocenters. The van der Waals surface area contributed by atoms with E-state index < -0.39 is 0 Å². The highest BCUT2D eigenvalue weighted by molar-refractivity contribution is 5.83. The molecule has 0 fully saturated rings. The topological polar surface area (TPSA) is 110 Å². The van der Waals surface area contributed by atoms with E-state index in [-0.39, 0.29) is 11.5 Å². The lowest BCUT2D eigenvalue weighted by Gasteiger charge is -2.16. The molecule has 0 aliphatic heterocycles. The van der Waals surface area contributed by atoms with E-state index in [1.165, 1.54) is 33.0 Å². The highest BCUT2D eigenvalue weighted by Gasteiger charge is 2.17. The average Bonchev–Trinajstić information content (AvgIpc) is 2.71. The number of anilines is 1. The van der Waals surface area contributed by atoms with Crippen molar-refractivity contribution < 1.29 is 18.9 Å². The molecule has 1 heterocycles. The van der Waals surface area contributed by atoms with Crippen molar-refractivity contribution in [2.45, 2.75) is 0 Å². The van der Waals surface area contributed by atoms with Gasteiger partial charge in [0.2, 0.25) is 5.95 Å². The first kappa shape index (κ1) is 18.3. The maximum Gasteiger partial charge on any atom is 0.267 e. The number of nitrogens with zero attached hydrogens (tertiary/aromatic N) is 2. The molecule has 0 saturated heterocycles. The maximum absolute atomic E-state index is 13.2. The Labute approximate surface area is 155 Å². The van der Waals surface area contributed by atoms with E-state index in [2.05, 4.69) is 10.4 Å². The van der Waals surface area contributed by atoms with Crippen molar-refractivity contribution in [1.82, 2.24) is 9.55 Å². The third-order valence-corrected chi connectivity index (χ3v) is 4.10. The van der Waals surface area contributed by atoms with Crippen LogP contribution in [0.15, 0.2) is 35.1 Å². The summed E-state index contributed by atoms with van der Waals surface area (Å²) in [6.07, 6.45) is 0. The molecule has 0 unspecified atom stereocenters. The predicted molar refractivity (Wildman–Crippen MR) is 101 cm³/mol. The van der Waals surface area contributed by atoms with Crippen molar-refractivity contribution in [3.8, 4) is 28.7 Å². The SMILES string of the molecule is COc1cc(OC)cc(-n2c(NN)nc3cc(OC)c(OC)cc3c2=O)c1. The van der Waals surface area contributed by atoms with Gasteiger partial charge in [-0.15, -0.1) is 0 Å². The number of ether oxygens (including phenoxy) is 4. The zero-order valence-electron chi connectivity index (χ0n) is 15.4. The summed E-state index contributed by atoms with van der Waals surface area (Å²) < 4.78 is 22.5. The smallest absolute Gasteiger partial charge is 0.267 e. The monoisotopic (exact) mass is 372 g/mol. The van der Waals surface area contributed by atoms with Gasteiger partial charge in [0.1, 0.15) is 11.5 Å². The van der Waals surface area contributed by atoms with Gasteiger partial charge in [-0.1, -0.05) is 0 Å². The Bertz CT molecular complexity index is 1030. The number of hydrazine groups is 1. The van der Waals surface area contributed by atoms with E-state index in [9.17, 15) is 4.79 Å². The molecule has 27 heavy (non-hydrogen) atoms. The number of nitrogens with two attached hydrogens (primary N) is 1. The lowest BCUT2D eigenvalue weighted by Crippen LogP contribution is -2.26. The van der Waals surface area contributed by atoms with Crippen LogP contribution in [0.5, 0.6) is 23.0 Å². The van der Waals surface area contributed by atoms with Gasteiger partial charge in [-0.25, -0.2) is 15.4 Å². The van der Waals surface area contributed by atoms with Gasteiger partial charge >= 0.3 is 0 Å². The first-order chi connectivity index (χ1) is 13.1. The highest BCUT2D eigenvalue weighted by Crippen LogP contribution is 2.31. The van der Waals surface area contributed by atoms with Gasteiger partial charge in [-0.2, -0.15) is 0 Å². The molecule has 1 aromatic heterocycles. The molecule has 0 radical (unpaired) electrons. The highest BCUT2D eigenvalue weighted by atomic mass is 16.5. The number of benzene rings is 2. The molecule has 0 aliphatic rings. The largest absolute Gasteiger partial charge is 0.497 e. The number of rotatable bonds is 6. The summed E-state index contributed by atoms with van der Waals surface area (Å²) in [5, 5.41) is 0.341. The van der Waals surface area contributed by atoms with E-state index in [0.29, 0.717) is 39.6 Å². The summed E-state index contributed by atoms with van der Waals surface area (Å²) in [6, 6.07) is 8.26. The molecule has 0 aliphatic carbocycles. The number of methoxy groups -OCH3 is 4. The number of nitrogens with one attached hydrogen (secondary N) is 1. The fraction of sp³-hybridized carbons (Fsp3) is 0.222. The van der Waals surface area contributed by atoms with Gasteiger partial charge in [0, 0.05) is 24.3 Å². The first-order valence-electron chi connectivity index (χ1n) is 7.95. The Hall–Kier alpha value is -3.46. The van der Waals surface area contributed by atoms with E-state index in [1.807, 2.05) is 0 Å². The summed E-state index contributed by atoms with van der Waals surface area (Å²) in [4.78, 5) is 17.7. The van der Waals surface area contributed by atoms with Crippen LogP contribution >= 0.6 is 0 Å². The van der Waals surface area contributed by atoms with Gasteiger partial charge in [0.25, 0.3) is 5.56 Å². The number of hydrogen-bond acceptors (Lipinski definition) is 8. The third kappa shape index (κ3) is 3.20. The van der Waals surface area contributed by atoms with Crippen LogP contribution in [-0.4, -0.2) is 38.0 Å². The number of fused-ring (bicyclic) bond motifs is 1. The van der Waals surface area contributed by atoms with Crippen LogP contribution < -0.4 is 35.8 Å². The summed E-state index contributed by atoms with van der Waals surface area (Å²) >= 11 is 0. The summed E-state index contributed by atoms with van der Waals surface area (Å²) in [7, 11) is 6.06. The summed E-state index contributed by atoms with van der Waals surface area (Å²) in [5.74, 6) is 7.70. The van der Waals surface area contributed by atoms with Crippen molar-refractivity contribution in [2.24, 2.45) is 5.84 Å². The molecule has 3 N–H and O–H groups in total. The lowest BCUT2D eigenvalue weighted by molar-refractivity contribution is 0.355. The fourth-order valence-electron chi connectivity index (χ4n) is 2.77. The Balaban J connectivity index is 2.36. The second-order valence-electron chi connectivity index (χ2n) is 5.52. The van der Waals surface area contributed by atoms with Gasteiger partial charge in [0.05, 0.1) is 45.0 Å². The zero-order valence-corrected chi connectivity index (χ0v) is 15.4. The molecule has 9 heteroatoms. The second kappa shape index (κ2) is 7.42. The average molecular weight is 372 g/mol. The van der Waals surface area contributed by atoms with E-state index in [1.54, 1.807) is 30.3 Å². The summed E-state index contributed by atoms with van der Waals surface area (Å²) in [5.41, 5.74) is 3.02. The molecular weight excluding hydrogens is 352 g/mol. The molecule has 2 aromatic carbocycles. The predicted octanol–water partition coefficient (Wildman–Crippen LogP) is 1.71. The van der Waals surface area contributed by atoms with Crippen molar-refractivity contribution >= 4 is 16.9 Å². The van der Waals surface area contributed by atoms with Crippen molar-refractivity contribution in [3.05, 3.63) is 40.7 Å². The standard InChI is InChI=1S/C18H20N4O5/c1-24-11-5-10(6-12(7-11)25-2)22-17(23)13-8-15(26-3)16(27-4)9-14(13)20-18(22)21-19/h5-9H,19H2,1-4H3,(H,20,21). The summed E-state index contributed by atoms with van der Waals surface area (Å²) in [6.45, 7) is 0. The molecule has 0 saturated carbocycles. The molecule has 3 aromatic rings. The van der Waals surface area contributed by atoms with Crippen LogP contribution in [-0.2, 0) is 0 Å². The van der Waals surface area contributed by atoms with Crippen LogP contribution in [0.4, 0.5) is 5.95 Å². The van der Waals surface area contributed by atoms with E-state index >= 15 is 0 Å². The molecule has 3 rings (SSSR count). The van der Waals surface area contributed by atoms with E-state index in [0.717, 1.165) is 0 Å². The zero-order chi connectivity index (χ0) is 19.6. The van der Waals surface area contributed by atoms with Gasteiger partial charge in [-0.3, -0.25) is 10.2 Å². The molecule has 142 valence electrons. The molecule has 0 bridgehead atoms. The van der Waals surface area contributed by atoms with Crippen LogP contribution in [0.3, 0.4) is 0 Å². The minimum atomic E-state index is -0.343. The molecule has 9 nitrogen and oxygen atoms in total. The fourth-order valence-corrected chi connectivity index (χ4v) is 2.77. The Kier molecular flexibility index (Phi) is 5.04. The first-order valence-corrected chi connectivity index (χ1v) is 7.95.